The summed E-state index contributed by atoms with van der Waals surface area (Å²) in [6, 6.07) is 13.4. The van der Waals surface area contributed by atoms with Crippen LogP contribution in [0.4, 0.5) is 0 Å². The average molecular weight is 467 g/mol. The molecule has 0 bridgehead atoms. The SMILES string of the molecule is O=C(COc1ccccc1)N1CCN(Cc2nc3scc(-c4cccs4)c3c(=O)[nH]2)CC1. The van der Waals surface area contributed by atoms with Gasteiger partial charge in [-0.1, -0.05) is 24.3 Å². The van der Waals surface area contributed by atoms with Gasteiger partial charge in [0.05, 0.1) is 11.9 Å². The molecule has 1 saturated heterocycles. The zero-order valence-electron chi connectivity index (χ0n) is 17.3. The Balaban J connectivity index is 1.19. The Morgan fingerprint density at radius 1 is 1.06 bits per heavy atom. The van der Waals surface area contributed by atoms with E-state index >= 15 is 0 Å². The molecule has 4 heterocycles. The van der Waals surface area contributed by atoms with Crippen LogP contribution in [0.2, 0.25) is 0 Å². The van der Waals surface area contributed by atoms with Crippen LogP contribution in [0, 0.1) is 0 Å². The molecule has 0 saturated carbocycles. The van der Waals surface area contributed by atoms with Gasteiger partial charge in [-0.05, 0) is 23.6 Å². The van der Waals surface area contributed by atoms with Crippen LogP contribution in [0.15, 0.2) is 58.0 Å². The normalized spacial score (nSPS) is 14.7. The third kappa shape index (κ3) is 4.45. The summed E-state index contributed by atoms with van der Waals surface area (Å²) < 4.78 is 5.57. The van der Waals surface area contributed by atoms with Crippen LogP contribution in [0.1, 0.15) is 5.82 Å². The molecular formula is C23H22N4O3S2. The highest BCUT2D eigenvalue weighted by Crippen LogP contribution is 2.33. The Labute approximate surface area is 192 Å². The number of rotatable bonds is 6. The maximum absolute atomic E-state index is 12.8. The second kappa shape index (κ2) is 9.23. The van der Waals surface area contributed by atoms with Crippen LogP contribution in [0.25, 0.3) is 20.7 Å². The number of aromatic nitrogens is 2. The fourth-order valence-electron chi connectivity index (χ4n) is 3.80. The Kier molecular flexibility index (Phi) is 6.02. The van der Waals surface area contributed by atoms with E-state index in [1.54, 1.807) is 11.3 Å². The van der Waals surface area contributed by atoms with Crippen LogP contribution in [0.3, 0.4) is 0 Å². The van der Waals surface area contributed by atoms with Crippen molar-refractivity contribution < 1.29 is 9.53 Å². The Bertz CT molecular complexity index is 1260. The molecule has 1 aromatic carbocycles. The molecule has 5 rings (SSSR count). The molecule has 1 amide bonds. The number of benzene rings is 1. The summed E-state index contributed by atoms with van der Waals surface area (Å²) >= 11 is 3.12. The van der Waals surface area contributed by atoms with Gasteiger partial charge in [0, 0.05) is 42.0 Å². The first-order chi connectivity index (χ1) is 15.7. The first-order valence-electron chi connectivity index (χ1n) is 10.4. The third-order valence-electron chi connectivity index (χ3n) is 5.48. The third-order valence-corrected chi connectivity index (χ3v) is 7.26. The molecule has 1 fully saturated rings. The molecule has 0 unspecified atom stereocenters. The molecule has 164 valence electrons. The van der Waals surface area contributed by atoms with Gasteiger partial charge in [0.2, 0.25) is 0 Å². The Morgan fingerprint density at radius 2 is 1.88 bits per heavy atom. The smallest absolute Gasteiger partial charge is 0.260 e. The highest BCUT2D eigenvalue weighted by atomic mass is 32.1. The minimum absolute atomic E-state index is 0.0128. The molecule has 3 aromatic heterocycles. The number of fused-ring (bicyclic) bond motifs is 1. The summed E-state index contributed by atoms with van der Waals surface area (Å²) in [6.07, 6.45) is 0. The van der Waals surface area contributed by atoms with Crippen molar-refractivity contribution >= 4 is 38.8 Å². The lowest BCUT2D eigenvalue weighted by Gasteiger charge is -2.34. The number of nitrogens with one attached hydrogen (secondary N) is 1. The van der Waals surface area contributed by atoms with E-state index in [-0.39, 0.29) is 18.1 Å². The number of piperazine rings is 1. The number of nitrogens with zero attached hydrogens (tertiary/aromatic N) is 3. The van der Waals surface area contributed by atoms with Crippen LogP contribution in [-0.4, -0.2) is 58.5 Å². The van der Waals surface area contributed by atoms with E-state index in [4.69, 9.17) is 9.72 Å². The Morgan fingerprint density at radius 3 is 2.62 bits per heavy atom. The summed E-state index contributed by atoms with van der Waals surface area (Å²) in [5, 5.41) is 4.67. The van der Waals surface area contributed by atoms with Crippen molar-refractivity contribution in [2.45, 2.75) is 6.54 Å². The number of hydrogen-bond acceptors (Lipinski definition) is 7. The van der Waals surface area contributed by atoms with Gasteiger partial charge in [0.15, 0.2) is 6.61 Å². The van der Waals surface area contributed by atoms with Crippen molar-refractivity contribution in [3.05, 3.63) is 69.4 Å². The predicted octanol–water partition coefficient (Wildman–Crippen LogP) is 3.44. The fourth-order valence-corrected chi connectivity index (χ4v) is 5.58. The number of amides is 1. The minimum Gasteiger partial charge on any atom is -0.484 e. The fraction of sp³-hybridized carbons (Fsp3) is 0.261. The van der Waals surface area contributed by atoms with E-state index in [2.05, 4.69) is 9.88 Å². The number of hydrogen-bond donors (Lipinski definition) is 1. The standard InChI is InChI=1S/C23H22N4O3S2/c28-20(14-30-16-5-2-1-3-6-16)27-10-8-26(9-11-27)13-19-24-22(29)21-17(15-32-23(21)25-19)18-7-4-12-31-18/h1-7,12,15H,8-11,13-14H2,(H,24,25,29). The highest BCUT2D eigenvalue weighted by Gasteiger charge is 2.22. The van der Waals surface area contributed by atoms with Gasteiger partial charge < -0.3 is 14.6 Å². The van der Waals surface area contributed by atoms with Gasteiger partial charge in [0.25, 0.3) is 11.5 Å². The maximum atomic E-state index is 12.8. The molecule has 32 heavy (non-hydrogen) atoms. The largest absolute Gasteiger partial charge is 0.484 e. The van der Waals surface area contributed by atoms with Gasteiger partial charge in [-0.2, -0.15) is 0 Å². The molecule has 0 aliphatic carbocycles. The van der Waals surface area contributed by atoms with E-state index in [9.17, 15) is 9.59 Å². The lowest BCUT2D eigenvalue weighted by atomic mass is 10.2. The molecule has 0 atom stereocenters. The summed E-state index contributed by atoms with van der Waals surface area (Å²) in [5.41, 5.74) is 0.853. The minimum atomic E-state index is -0.0958. The number of carbonyl (C=O) groups excluding carboxylic acids is 1. The second-order valence-electron chi connectivity index (χ2n) is 7.58. The topological polar surface area (TPSA) is 78.5 Å². The maximum Gasteiger partial charge on any atom is 0.260 e. The quantitative estimate of drug-likeness (QED) is 0.471. The predicted molar refractivity (Wildman–Crippen MR) is 127 cm³/mol. The lowest BCUT2D eigenvalue weighted by molar-refractivity contribution is -0.135. The first kappa shape index (κ1) is 20.9. The number of ether oxygens (including phenoxy) is 1. The monoisotopic (exact) mass is 466 g/mol. The van der Waals surface area contributed by atoms with E-state index in [1.807, 2.05) is 58.1 Å². The van der Waals surface area contributed by atoms with Crippen molar-refractivity contribution in [2.24, 2.45) is 0 Å². The summed E-state index contributed by atoms with van der Waals surface area (Å²) in [6.45, 7) is 3.31. The molecule has 1 aliphatic rings. The zero-order valence-corrected chi connectivity index (χ0v) is 19.0. The molecule has 4 aromatic rings. The number of carbonyl (C=O) groups is 1. The highest BCUT2D eigenvalue weighted by molar-refractivity contribution is 7.18. The second-order valence-corrected chi connectivity index (χ2v) is 9.38. The summed E-state index contributed by atoms with van der Waals surface area (Å²) in [5.74, 6) is 1.34. The molecule has 0 radical (unpaired) electrons. The Hall–Kier alpha value is -3.01. The van der Waals surface area contributed by atoms with E-state index in [0.717, 1.165) is 28.4 Å². The molecule has 1 N–H and O–H groups in total. The number of aromatic amines is 1. The molecule has 1 aliphatic heterocycles. The van der Waals surface area contributed by atoms with Gasteiger partial charge >= 0.3 is 0 Å². The van der Waals surface area contributed by atoms with Crippen LogP contribution < -0.4 is 10.3 Å². The van der Waals surface area contributed by atoms with Crippen molar-refractivity contribution in [2.75, 3.05) is 32.8 Å². The number of H-pyrrole nitrogens is 1. The van der Waals surface area contributed by atoms with Crippen LogP contribution >= 0.6 is 22.7 Å². The van der Waals surface area contributed by atoms with E-state index in [0.29, 0.717) is 36.6 Å². The molecule has 0 spiro atoms. The van der Waals surface area contributed by atoms with Gasteiger partial charge in [-0.25, -0.2) is 4.98 Å². The van der Waals surface area contributed by atoms with Gasteiger partial charge in [-0.15, -0.1) is 22.7 Å². The molecule has 9 heteroatoms. The first-order valence-corrected chi connectivity index (χ1v) is 12.2. The molecular weight excluding hydrogens is 444 g/mol. The number of thiophene rings is 2. The van der Waals surface area contributed by atoms with Crippen molar-refractivity contribution in [3.8, 4) is 16.2 Å². The van der Waals surface area contributed by atoms with Crippen molar-refractivity contribution in [3.63, 3.8) is 0 Å². The van der Waals surface area contributed by atoms with Gasteiger partial charge in [0.1, 0.15) is 16.4 Å². The van der Waals surface area contributed by atoms with E-state index in [1.165, 1.54) is 11.3 Å². The van der Waals surface area contributed by atoms with Gasteiger partial charge in [-0.3, -0.25) is 14.5 Å². The zero-order chi connectivity index (χ0) is 21.9. The summed E-state index contributed by atoms with van der Waals surface area (Å²) in [4.78, 5) is 38.8. The van der Waals surface area contributed by atoms with E-state index < -0.39 is 0 Å². The van der Waals surface area contributed by atoms with Crippen LogP contribution in [0.5, 0.6) is 5.75 Å². The average Bonchev–Trinajstić information content (AvgIpc) is 3.49. The lowest BCUT2D eigenvalue weighted by Crippen LogP contribution is -2.49. The van der Waals surface area contributed by atoms with Crippen molar-refractivity contribution in [1.29, 1.82) is 0 Å². The molecule has 7 nitrogen and oxygen atoms in total. The summed E-state index contributed by atoms with van der Waals surface area (Å²) in [7, 11) is 0. The van der Waals surface area contributed by atoms with Crippen LogP contribution in [-0.2, 0) is 11.3 Å². The van der Waals surface area contributed by atoms with Crippen molar-refractivity contribution in [1.82, 2.24) is 19.8 Å². The number of para-hydroxylation sites is 1.